The lowest BCUT2D eigenvalue weighted by molar-refractivity contribution is 0.0602. The van der Waals surface area contributed by atoms with Gasteiger partial charge in [0, 0.05) is 23.2 Å². The van der Waals surface area contributed by atoms with Gasteiger partial charge in [0.1, 0.15) is 5.82 Å². The Morgan fingerprint density at radius 3 is 2.58 bits per heavy atom. The molecule has 0 radical (unpaired) electrons. The van der Waals surface area contributed by atoms with Crippen LogP contribution in [0.25, 0.3) is 10.9 Å². The van der Waals surface area contributed by atoms with Crippen molar-refractivity contribution >= 4 is 40.0 Å². The summed E-state index contributed by atoms with van der Waals surface area (Å²) < 4.78 is 4.80. The standard InChI is InChI=1S/C27H23N3O3/c1-17-7-8-19-16-20-13-14-30(25(20)28-24(19)15-17)21-11-9-18(10-12-21)26(31)29-23-6-4-3-5-22(23)27(32)33-2/h3-12,15-16H,13-14H2,1-2H3,(H,29,31). The van der Waals surface area contributed by atoms with E-state index >= 15 is 0 Å². The molecule has 0 bridgehead atoms. The number of hydrogen-bond donors (Lipinski definition) is 1. The van der Waals surface area contributed by atoms with Crippen molar-refractivity contribution in [2.75, 3.05) is 23.9 Å². The molecule has 1 aliphatic heterocycles. The summed E-state index contributed by atoms with van der Waals surface area (Å²) in [4.78, 5) is 31.9. The number of carbonyl (C=O) groups excluding carboxylic acids is 2. The van der Waals surface area contributed by atoms with E-state index in [1.54, 1.807) is 36.4 Å². The van der Waals surface area contributed by atoms with Gasteiger partial charge in [0.2, 0.25) is 0 Å². The molecule has 5 rings (SSSR count). The van der Waals surface area contributed by atoms with Crippen LogP contribution in [-0.2, 0) is 11.2 Å². The monoisotopic (exact) mass is 437 g/mol. The van der Waals surface area contributed by atoms with Crippen LogP contribution in [0.1, 0.15) is 31.8 Å². The van der Waals surface area contributed by atoms with Crippen molar-refractivity contribution in [3.8, 4) is 0 Å². The number of aryl methyl sites for hydroxylation is 1. The Morgan fingerprint density at radius 1 is 1.00 bits per heavy atom. The second-order valence-electron chi connectivity index (χ2n) is 8.11. The fraction of sp³-hybridized carbons (Fsp3) is 0.148. The van der Waals surface area contributed by atoms with Crippen LogP contribution in [0.2, 0.25) is 0 Å². The third-order valence-corrected chi connectivity index (χ3v) is 5.91. The van der Waals surface area contributed by atoms with Crippen LogP contribution in [-0.4, -0.2) is 30.5 Å². The summed E-state index contributed by atoms with van der Waals surface area (Å²) in [5.41, 5.74) is 5.61. The number of esters is 1. The van der Waals surface area contributed by atoms with Crippen LogP contribution in [0.15, 0.2) is 72.8 Å². The van der Waals surface area contributed by atoms with Gasteiger partial charge in [-0.3, -0.25) is 4.79 Å². The number of carbonyl (C=O) groups is 2. The van der Waals surface area contributed by atoms with Crippen molar-refractivity contribution in [3.05, 3.63) is 95.1 Å². The van der Waals surface area contributed by atoms with E-state index in [0.29, 0.717) is 16.8 Å². The fourth-order valence-electron chi connectivity index (χ4n) is 4.19. The molecular weight excluding hydrogens is 414 g/mol. The number of pyridine rings is 1. The molecule has 0 saturated carbocycles. The van der Waals surface area contributed by atoms with E-state index in [1.807, 2.05) is 12.1 Å². The quantitative estimate of drug-likeness (QED) is 0.440. The molecule has 0 spiro atoms. The van der Waals surface area contributed by atoms with Crippen LogP contribution in [0, 0.1) is 6.92 Å². The summed E-state index contributed by atoms with van der Waals surface area (Å²) in [7, 11) is 1.31. The van der Waals surface area contributed by atoms with Crippen LogP contribution >= 0.6 is 0 Å². The summed E-state index contributed by atoms with van der Waals surface area (Å²) in [6, 6.07) is 22.8. The maximum Gasteiger partial charge on any atom is 0.339 e. The molecule has 33 heavy (non-hydrogen) atoms. The lowest BCUT2D eigenvalue weighted by atomic mass is 10.1. The number of aromatic nitrogens is 1. The number of hydrogen-bond acceptors (Lipinski definition) is 5. The largest absolute Gasteiger partial charge is 0.465 e. The van der Waals surface area contributed by atoms with E-state index in [0.717, 1.165) is 35.4 Å². The number of rotatable bonds is 4. The number of amides is 1. The molecule has 6 nitrogen and oxygen atoms in total. The first kappa shape index (κ1) is 20.7. The Bertz CT molecular complexity index is 1380. The number of fused-ring (bicyclic) bond motifs is 2. The van der Waals surface area contributed by atoms with Crippen LogP contribution < -0.4 is 10.2 Å². The summed E-state index contributed by atoms with van der Waals surface area (Å²) in [6.45, 7) is 2.91. The summed E-state index contributed by atoms with van der Waals surface area (Å²) in [5, 5.41) is 3.96. The van der Waals surface area contributed by atoms with Crippen LogP contribution in [0.5, 0.6) is 0 Å². The zero-order valence-electron chi connectivity index (χ0n) is 18.5. The van der Waals surface area contributed by atoms with Crippen LogP contribution in [0.4, 0.5) is 17.2 Å². The minimum Gasteiger partial charge on any atom is -0.465 e. The van der Waals surface area contributed by atoms with Gasteiger partial charge in [-0.25, -0.2) is 9.78 Å². The Morgan fingerprint density at radius 2 is 1.79 bits per heavy atom. The topological polar surface area (TPSA) is 71.5 Å². The molecule has 164 valence electrons. The fourth-order valence-corrected chi connectivity index (χ4v) is 4.19. The first-order chi connectivity index (χ1) is 16.0. The normalized spacial score (nSPS) is 12.5. The minimum atomic E-state index is -0.496. The molecule has 6 heteroatoms. The highest BCUT2D eigenvalue weighted by atomic mass is 16.5. The van der Waals surface area contributed by atoms with Gasteiger partial charge in [0.25, 0.3) is 5.91 Å². The van der Waals surface area contributed by atoms with Crippen molar-refractivity contribution in [2.24, 2.45) is 0 Å². The second-order valence-corrected chi connectivity index (χ2v) is 8.11. The van der Waals surface area contributed by atoms with Gasteiger partial charge >= 0.3 is 5.97 Å². The molecular formula is C27H23N3O3. The minimum absolute atomic E-state index is 0.292. The molecule has 2 heterocycles. The number of nitrogens with one attached hydrogen (secondary N) is 1. The molecule has 3 aromatic carbocycles. The van der Waals surface area contributed by atoms with Crippen molar-refractivity contribution in [3.63, 3.8) is 0 Å². The SMILES string of the molecule is COC(=O)c1ccccc1NC(=O)c1ccc(N2CCc3cc4ccc(C)cc4nc32)cc1. The Hall–Kier alpha value is -4.19. The van der Waals surface area contributed by atoms with Gasteiger partial charge in [0.15, 0.2) is 0 Å². The zero-order chi connectivity index (χ0) is 22.9. The average molecular weight is 437 g/mol. The summed E-state index contributed by atoms with van der Waals surface area (Å²) >= 11 is 0. The molecule has 1 aliphatic rings. The van der Waals surface area contributed by atoms with E-state index in [9.17, 15) is 9.59 Å². The first-order valence-corrected chi connectivity index (χ1v) is 10.8. The molecule has 0 saturated heterocycles. The Kier molecular flexibility index (Phi) is 5.26. The molecule has 0 atom stereocenters. The van der Waals surface area contributed by atoms with Crippen molar-refractivity contribution < 1.29 is 14.3 Å². The third kappa shape index (κ3) is 3.91. The lowest BCUT2D eigenvalue weighted by Crippen LogP contribution is -2.17. The summed E-state index contributed by atoms with van der Waals surface area (Å²) in [5.74, 6) is 0.181. The second kappa shape index (κ2) is 8.39. The number of ether oxygens (including phenoxy) is 1. The highest BCUT2D eigenvalue weighted by molar-refractivity contribution is 6.08. The van der Waals surface area contributed by atoms with Crippen LogP contribution in [0.3, 0.4) is 0 Å². The van der Waals surface area contributed by atoms with Crippen molar-refractivity contribution in [1.82, 2.24) is 4.98 Å². The van der Waals surface area contributed by atoms with E-state index in [2.05, 4.69) is 41.4 Å². The van der Waals surface area contributed by atoms with Gasteiger partial charge < -0.3 is 15.0 Å². The van der Waals surface area contributed by atoms with Gasteiger partial charge in [-0.1, -0.05) is 24.3 Å². The smallest absolute Gasteiger partial charge is 0.339 e. The van der Waals surface area contributed by atoms with Gasteiger partial charge in [-0.15, -0.1) is 0 Å². The molecule has 1 amide bonds. The average Bonchev–Trinajstić information content (AvgIpc) is 3.25. The van der Waals surface area contributed by atoms with E-state index in [4.69, 9.17) is 9.72 Å². The third-order valence-electron chi connectivity index (χ3n) is 5.91. The predicted molar refractivity (Wildman–Crippen MR) is 129 cm³/mol. The first-order valence-electron chi connectivity index (χ1n) is 10.8. The van der Waals surface area contributed by atoms with E-state index in [-0.39, 0.29) is 5.91 Å². The molecule has 0 fully saturated rings. The zero-order valence-corrected chi connectivity index (χ0v) is 18.5. The number of benzene rings is 3. The van der Waals surface area contributed by atoms with Gasteiger partial charge in [-0.05, 0) is 73.0 Å². The Labute approximate surface area is 191 Å². The summed E-state index contributed by atoms with van der Waals surface area (Å²) in [6.07, 6.45) is 0.929. The van der Waals surface area contributed by atoms with E-state index in [1.165, 1.54) is 18.2 Å². The maximum atomic E-state index is 12.8. The highest BCUT2D eigenvalue weighted by Gasteiger charge is 2.23. The molecule has 0 unspecified atom stereocenters. The van der Waals surface area contributed by atoms with Gasteiger partial charge in [0.05, 0.1) is 23.9 Å². The predicted octanol–water partition coefficient (Wildman–Crippen LogP) is 5.28. The van der Waals surface area contributed by atoms with Crippen molar-refractivity contribution in [1.29, 1.82) is 0 Å². The number of anilines is 3. The number of methoxy groups -OCH3 is 1. The number of nitrogens with zero attached hydrogens (tertiary/aromatic N) is 2. The molecule has 0 aliphatic carbocycles. The lowest BCUT2D eigenvalue weighted by Gasteiger charge is -2.19. The van der Waals surface area contributed by atoms with Gasteiger partial charge in [-0.2, -0.15) is 0 Å². The molecule has 1 aromatic heterocycles. The molecule has 1 N–H and O–H groups in total. The number of para-hydroxylation sites is 1. The highest BCUT2D eigenvalue weighted by Crippen LogP contribution is 2.35. The maximum absolute atomic E-state index is 12.8. The van der Waals surface area contributed by atoms with Crippen molar-refractivity contribution in [2.45, 2.75) is 13.3 Å². The van der Waals surface area contributed by atoms with E-state index < -0.39 is 5.97 Å². The molecule has 4 aromatic rings. The Balaban J connectivity index is 1.38.